The lowest BCUT2D eigenvalue weighted by atomic mass is 9.94. The first-order valence-electron chi connectivity index (χ1n) is 7.14. The first-order valence-corrected chi connectivity index (χ1v) is 7.14. The predicted octanol–water partition coefficient (Wildman–Crippen LogP) is 3.13. The monoisotopic (exact) mass is 289 g/mol. The molecule has 3 rings (SSSR count). The molecule has 2 heterocycles. The predicted molar refractivity (Wildman–Crippen MR) is 75.6 cm³/mol. The average Bonchev–Trinajstić information content (AvgIpc) is 2.52. The van der Waals surface area contributed by atoms with Crippen LogP contribution in [0.5, 0.6) is 0 Å². The quantitative estimate of drug-likeness (QED) is 0.869. The van der Waals surface area contributed by atoms with Gasteiger partial charge in [-0.1, -0.05) is 6.07 Å². The maximum Gasteiger partial charge on any atom is 0.159 e. The molecule has 1 atom stereocenters. The summed E-state index contributed by atoms with van der Waals surface area (Å²) in [7, 11) is 0. The molecule has 0 aliphatic carbocycles. The molecule has 2 aromatic rings. The number of benzene rings is 1. The third-order valence-electron chi connectivity index (χ3n) is 3.92. The fourth-order valence-corrected chi connectivity index (χ4v) is 2.88. The normalized spacial score (nSPS) is 19.6. The molecule has 3 nitrogen and oxygen atoms in total. The maximum absolute atomic E-state index is 13.3. The van der Waals surface area contributed by atoms with Gasteiger partial charge in [-0.15, -0.1) is 0 Å². The third kappa shape index (κ3) is 3.42. The van der Waals surface area contributed by atoms with Gasteiger partial charge in [-0.3, -0.25) is 4.90 Å². The van der Waals surface area contributed by atoms with E-state index in [1.54, 1.807) is 18.6 Å². The molecule has 1 aromatic heterocycles. The van der Waals surface area contributed by atoms with E-state index in [-0.39, 0.29) is 0 Å². The van der Waals surface area contributed by atoms with E-state index in [1.165, 1.54) is 12.1 Å². The third-order valence-corrected chi connectivity index (χ3v) is 3.92. The van der Waals surface area contributed by atoms with Gasteiger partial charge in [0.05, 0.1) is 0 Å². The standard InChI is InChI=1S/C16H17F2N3/c17-14-4-3-12(8-15(14)18)9-21-7-1-2-13(10-21)16-5-6-19-11-20-16/h3-6,8,11,13H,1-2,7,9-10H2. The van der Waals surface area contributed by atoms with E-state index in [1.807, 2.05) is 6.07 Å². The molecule has 1 aromatic carbocycles. The van der Waals surface area contributed by atoms with Crippen LogP contribution in [0.2, 0.25) is 0 Å². The summed E-state index contributed by atoms with van der Waals surface area (Å²) in [6, 6.07) is 6.07. The van der Waals surface area contributed by atoms with Crippen LogP contribution in [-0.4, -0.2) is 28.0 Å². The number of likely N-dealkylation sites (tertiary alicyclic amines) is 1. The average molecular weight is 289 g/mol. The summed E-state index contributed by atoms with van der Waals surface area (Å²) in [5.41, 5.74) is 1.86. The van der Waals surface area contributed by atoms with Crippen molar-refractivity contribution in [3.63, 3.8) is 0 Å². The highest BCUT2D eigenvalue weighted by Gasteiger charge is 2.22. The number of piperidine rings is 1. The van der Waals surface area contributed by atoms with Crippen molar-refractivity contribution in [1.29, 1.82) is 0 Å². The molecule has 0 bridgehead atoms. The Morgan fingerprint density at radius 3 is 2.86 bits per heavy atom. The second-order valence-corrected chi connectivity index (χ2v) is 5.46. The Bertz CT molecular complexity index is 604. The summed E-state index contributed by atoms with van der Waals surface area (Å²) < 4.78 is 26.2. The van der Waals surface area contributed by atoms with E-state index in [2.05, 4.69) is 14.9 Å². The minimum Gasteiger partial charge on any atom is -0.298 e. The lowest BCUT2D eigenvalue weighted by Gasteiger charge is -2.32. The van der Waals surface area contributed by atoms with Gasteiger partial charge in [-0.2, -0.15) is 0 Å². The van der Waals surface area contributed by atoms with E-state index in [4.69, 9.17) is 0 Å². The molecule has 1 aliphatic heterocycles. The van der Waals surface area contributed by atoms with Crippen LogP contribution in [0.1, 0.15) is 30.0 Å². The molecule has 21 heavy (non-hydrogen) atoms. The highest BCUT2D eigenvalue weighted by molar-refractivity contribution is 5.18. The zero-order chi connectivity index (χ0) is 14.7. The van der Waals surface area contributed by atoms with E-state index in [0.29, 0.717) is 12.5 Å². The SMILES string of the molecule is Fc1ccc(CN2CCCC(c3ccncn3)C2)cc1F. The van der Waals surface area contributed by atoms with Crippen molar-refractivity contribution < 1.29 is 8.78 Å². The molecule has 0 radical (unpaired) electrons. The molecule has 1 unspecified atom stereocenters. The Kier molecular flexibility index (Phi) is 4.20. The van der Waals surface area contributed by atoms with Gasteiger partial charge in [-0.25, -0.2) is 18.7 Å². The van der Waals surface area contributed by atoms with Gasteiger partial charge < -0.3 is 0 Å². The second kappa shape index (κ2) is 6.26. The zero-order valence-corrected chi connectivity index (χ0v) is 11.7. The first kappa shape index (κ1) is 14.1. The molecule has 0 saturated carbocycles. The van der Waals surface area contributed by atoms with Crippen LogP contribution < -0.4 is 0 Å². The van der Waals surface area contributed by atoms with Gasteiger partial charge in [0, 0.05) is 30.9 Å². The van der Waals surface area contributed by atoms with Gasteiger partial charge in [0.2, 0.25) is 0 Å². The minimum absolute atomic E-state index is 0.382. The number of hydrogen-bond acceptors (Lipinski definition) is 3. The van der Waals surface area contributed by atoms with Crippen LogP contribution in [0.4, 0.5) is 8.78 Å². The van der Waals surface area contributed by atoms with E-state index < -0.39 is 11.6 Å². The van der Waals surface area contributed by atoms with Crippen molar-refractivity contribution in [1.82, 2.24) is 14.9 Å². The summed E-state index contributed by atoms with van der Waals surface area (Å²) >= 11 is 0. The van der Waals surface area contributed by atoms with Gasteiger partial charge in [0.25, 0.3) is 0 Å². The highest BCUT2D eigenvalue weighted by atomic mass is 19.2. The summed E-state index contributed by atoms with van der Waals surface area (Å²) in [5.74, 6) is -1.19. The smallest absolute Gasteiger partial charge is 0.159 e. The Hall–Kier alpha value is -1.88. The van der Waals surface area contributed by atoms with Crippen molar-refractivity contribution in [2.45, 2.75) is 25.3 Å². The lowest BCUT2D eigenvalue weighted by Crippen LogP contribution is -2.34. The van der Waals surface area contributed by atoms with Crippen molar-refractivity contribution in [3.05, 3.63) is 59.7 Å². The van der Waals surface area contributed by atoms with Crippen LogP contribution >= 0.6 is 0 Å². The van der Waals surface area contributed by atoms with Crippen molar-refractivity contribution in [2.75, 3.05) is 13.1 Å². The fraction of sp³-hybridized carbons (Fsp3) is 0.375. The molecule has 1 saturated heterocycles. The molecule has 1 aliphatic rings. The molecular weight excluding hydrogens is 272 g/mol. The summed E-state index contributed by atoms with van der Waals surface area (Å²) in [6.45, 7) is 2.50. The molecule has 0 spiro atoms. The minimum atomic E-state index is -0.795. The molecule has 0 amide bonds. The Morgan fingerprint density at radius 2 is 2.10 bits per heavy atom. The number of nitrogens with zero attached hydrogens (tertiary/aromatic N) is 3. The highest BCUT2D eigenvalue weighted by Crippen LogP contribution is 2.26. The molecule has 0 N–H and O–H groups in total. The Balaban J connectivity index is 1.67. The van der Waals surface area contributed by atoms with Crippen LogP contribution in [0, 0.1) is 11.6 Å². The maximum atomic E-state index is 13.3. The summed E-state index contributed by atoms with van der Waals surface area (Å²) in [6.07, 6.45) is 5.52. The summed E-state index contributed by atoms with van der Waals surface area (Å²) in [5, 5.41) is 0. The second-order valence-electron chi connectivity index (χ2n) is 5.46. The number of rotatable bonds is 3. The van der Waals surface area contributed by atoms with Crippen LogP contribution in [0.25, 0.3) is 0 Å². The summed E-state index contributed by atoms with van der Waals surface area (Å²) in [4.78, 5) is 10.5. The topological polar surface area (TPSA) is 29.0 Å². The number of aromatic nitrogens is 2. The van der Waals surface area contributed by atoms with Crippen LogP contribution in [-0.2, 0) is 6.54 Å². The molecular formula is C16H17F2N3. The zero-order valence-electron chi connectivity index (χ0n) is 11.7. The van der Waals surface area contributed by atoms with Crippen LogP contribution in [0.15, 0.2) is 36.8 Å². The largest absolute Gasteiger partial charge is 0.298 e. The Labute approximate surface area is 122 Å². The molecule has 5 heteroatoms. The van der Waals surface area contributed by atoms with Crippen LogP contribution in [0.3, 0.4) is 0 Å². The van der Waals surface area contributed by atoms with Gasteiger partial charge in [0.15, 0.2) is 11.6 Å². The van der Waals surface area contributed by atoms with Gasteiger partial charge >= 0.3 is 0 Å². The van der Waals surface area contributed by atoms with Crippen molar-refractivity contribution in [2.24, 2.45) is 0 Å². The van der Waals surface area contributed by atoms with E-state index in [9.17, 15) is 8.78 Å². The van der Waals surface area contributed by atoms with Gasteiger partial charge in [-0.05, 0) is 43.1 Å². The Morgan fingerprint density at radius 1 is 1.19 bits per heavy atom. The van der Waals surface area contributed by atoms with Crippen molar-refractivity contribution in [3.8, 4) is 0 Å². The fourth-order valence-electron chi connectivity index (χ4n) is 2.88. The van der Waals surface area contributed by atoms with Gasteiger partial charge in [0.1, 0.15) is 6.33 Å². The molecule has 1 fully saturated rings. The number of halogens is 2. The first-order chi connectivity index (χ1) is 10.2. The lowest BCUT2D eigenvalue weighted by molar-refractivity contribution is 0.198. The molecule has 110 valence electrons. The van der Waals surface area contributed by atoms with Crippen molar-refractivity contribution >= 4 is 0 Å². The number of hydrogen-bond donors (Lipinski definition) is 0. The van der Waals surface area contributed by atoms with E-state index in [0.717, 1.165) is 37.2 Å². The van der Waals surface area contributed by atoms with E-state index >= 15 is 0 Å².